The van der Waals surface area contributed by atoms with Gasteiger partial charge >= 0.3 is 0 Å². The summed E-state index contributed by atoms with van der Waals surface area (Å²) in [5.74, 6) is -0.248. The molecule has 0 spiro atoms. The lowest BCUT2D eigenvalue weighted by Gasteiger charge is -2.26. The van der Waals surface area contributed by atoms with Gasteiger partial charge in [0.05, 0.1) is 19.1 Å². The van der Waals surface area contributed by atoms with Crippen molar-refractivity contribution in [3.63, 3.8) is 0 Å². The average molecular weight is 331 g/mol. The molecule has 0 bridgehead atoms. The monoisotopic (exact) mass is 331 g/mol. The predicted octanol–water partition coefficient (Wildman–Crippen LogP) is 1.33. The van der Waals surface area contributed by atoms with Crippen LogP contribution in [0.4, 0.5) is 5.69 Å². The van der Waals surface area contributed by atoms with Crippen molar-refractivity contribution < 1.29 is 14.3 Å². The highest BCUT2D eigenvalue weighted by molar-refractivity contribution is 5.97. The van der Waals surface area contributed by atoms with Gasteiger partial charge in [-0.15, -0.1) is 0 Å². The number of nitrogens with zero attached hydrogens (tertiary/aromatic N) is 2. The first kappa shape index (κ1) is 16.9. The first-order valence-electron chi connectivity index (χ1n) is 8.63. The van der Waals surface area contributed by atoms with Crippen LogP contribution in [0.15, 0.2) is 24.3 Å². The third-order valence-electron chi connectivity index (χ3n) is 4.67. The van der Waals surface area contributed by atoms with E-state index < -0.39 is 0 Å². The van der Waals surface area contributed by atoms with Crippen molar-refractivity contribution in [2.75, 3.05) is 44.7 Å². The molecule has 0 unspecified atom stereocenters. The number of nitrogens with one attached hydrogen (secondary N) is 1. The van der Waals surface area contributed by atoms with Crippen LogP contribution < -0.4 is 5.32 Å². The van der Waals surface area contributed by atoms with Crippen molar-refractivity contribution in [1.82, 2.24) is 9.80 Å². The van der Waals surface area contributed by atoms with Crippen LogP contribution in [0, 0.1) is 5.92 Å². The Hall–Kier alpha value is -1.92. The van der Waals surface area contributed by atoms with E-state index in [-0.39, 0.29) is 17.7 Å². The lowest BCUT2D eigenvalue weighted by molar-refractivity contribution is -0.128. The van der Waals surface area contributed by atoms with Crippen LogP contribution in [0.3, 0.4) is 0 Å². The lowest BCUT2D eigenvalue weighted by Crippen LogP contribution is -2.35. The summed E-state index contributed by atoms with van der Waals surface area (Å²) in [6.45, 7) is 7.42. The molecule has 2 amide bonds. The molecule has 2 heterocycles. The molecule has 0 aliphatic carbocycles. The second-order valence-electron chi connectivity index (χ2n) is 6.41. The molecular formula is C18H25N3O3. The summed E-state index contributed by atoms with van der Waals surface area (Å²) < 4.78 is 5.37. The molecule has 3 rings (SSSR count). The lowest BCUT2D eigenvalue weighted by atomic mass is 10.1. The molecule has 2 fully saturated rings. The van der Waals surface area contributed by atoms with Gasteiger partial charge in [-0.1, -0.05) is 12.1 Å². The van der Waals surface area contributed by atoms with Crippen LogP contribution in [0.25, 0.3) is 0 Å². The molecule has 6 heteroatoms. The quantitative estimate of drug-likeness (QED) is 0.884. The Balaban J connectivity index is 1.58. The van der Waals surface area contributed by atoms with E-state index in [4.69, 9.17) is 4.74 Å². The Bertz CT molecular complexity index is 599. The second-order valence-corrected chi connectivity index (χ2v) is 6.41. The van der Waals surface area contributed by atoms with Gasteiger partial charge in [0.15, 0.2) is 0 Å². The number of benzene rings is 1. The minimum Gasteiger partial charge on any atom is -0.379 e. The Kier molecular flexibility index (Phi) is 5.48. The standard InChI is InChI=1S/C18H25N3O3/c1-2-21-13-15(11-17(21)22)18(23)19-16-5-3-4-14(10-16)12-20-6-8-24-9-7-20/h3-5,10,15H,2,6-9,11-13H2,1H3,(H,19,23)/t15-/m0/s1. The van der Waals surface area contributed by atoms with Crippen molar-refractivity contribution in [2.24, 2.45) is 5.92 Å². The fourth-order valence-corrected chi connectivity index (χ4v) is 3.26. The van der Waals surface area contributed by atoms with E-state index in [0.29, 0.717) is 19.5 Å². The number of morpholine rings is 1. The van der Waals surface area contributed by atoms with Crippen LogP contribution >= 0.6 is 0 Å². The number of hydrogen-bond donors (Lipinski definition) is 1. The van der Waals surface area contributed by atoms with Gasteiger partial charge in [0.25, 0.3) is 0 Å². The highest BCUT2D eigenvalue weighted by atomic mass is 16.5. The summed E-state index contributed by atoms with van der Waals surface area (Å²) in [6.07, 6.45) is 0.313. The summed E-state index contributed by atoms with van der Waals surface area (Å²) in [7, 11) is 0. The Labute approximate surface area is 142 Å². The van der Waals surface area contributed by atoms with Crippen LogP contribution in [0.2, 0.25) is 0 Å². The normalized spacial score (nSPS) is 22.0. The first-order valence-corrected chi connectivity index (χ1v) is 8.63. The molecule has 0 aromatic heterocycles. The van der Waals surface area contributed by atoms with Gasteiger partial charge < -0.3 is 15.0 Å². The Morgan fingerprint density at radius 2 is 2.12 bits per heavy atom. The van der Waals surface area contributed by atoms with Crippen molar-refractivity contribution >= 4 is 17.5 Å². The molecule has 0 radical (unpaired) electrons. The summed E-state index contributed by atoms with van der Waals surface area (Å²) in [6, 6.07) is 7.95. The van der Waals surface area contributed by atoms with E-state index in [2.05, 4.69) is 16.3 Å². The van der Waals surface area contributed by atoms with Crippen molar-refractivity contribution in [3.8, 4) is 0 Å². The smallest absolute Gasteiger partial charge is 0.229 e. The van der Waals surface area contributed by atoms with E-state index in [1.807, 2.05) is 25.1 Å². The maximum Gasteiger partial charge on any atom is 0.229 e. The molecule has 130 valence electrons. The van der Waals surface area contributed by atoms with Gasteiger partial charge in [-0.2, -0.15) is 0 Å². The zero-order valence-corrected chi connectivity index (χ0v) is 14.2. The Morgan fingerprint density at radius 3 is 2.83 bits per heavy atom. The van der Waals surface area contributed by atoms with Gasteiger partial charge in [0.1, 0.15) is 0 Å². The molecule has 1 atom stereocenters. The Morgan fingerprint density at radius 1 is 1.33 bits per heavy atom. The van der Waals surface area contributed by atoms with Crippen molar-refractivity contribution in [1.29, 1.82) is 0 Å². The van der Waals surface area contributed by atoms with Gasteiger partial charge in [-0.25, -0.2) is 0 Å². The zero-order valence-electron chi connectivity index (χ0n) is 14.2. The summed E-state index contributed by atoms with van der Waals surface area (Å²) in [5.41, 5.74) is 1.97. The van der Waals surface area contributed by atoms with Crippen LogP contribution in [-0.2, 0) is 20.9 Å². The fourth-order valence-electron chi connectivity index (χ4n) is 3.26. The first-order chi connectivity index (χ1) is 11.7. The van der Waals surface area contributed by atoms with Gasteiger partial charge in [0, 0.05) is 44.8 Å². The number of carbonyl (C=O) groups is 2. The topological polar surface area (TPSA) is 61.9 Å². The number of rotatable bonds is 5. The van der Waals surface area contributed by atoms with E-state index >= 15 is 0 Å². The maximum absolute atomic E-state index is 12.4. The third-order valence-corrected chi connectivity index (χ3v) is 4.67. The highest BCUT2D eigenvalue weighted by Crippen LogP contribution is 2.20. The number of carbonyl (C=O) groups excluding carboxylic acids is 2. The molecule has 1 aromatic rings. The maximum atomic E-state index is 12.4. The molecule has 2 saturated heterocycles. The summed E-state index contributed by atoms with van der Waals surface area (Å²) >= 11 is 0. The van der Waals surface area contributed by atoms with Crippen LogP contribution in [0.1, 0.15) is 18.9 Å². The number of likely N-dealkylation sites (tertiary alicyclic amines) is 1. The number of ether oxygens (including phenoxy) is 1. The van der Waals surface area contributed by atoms with E-state index in [1.165, 1.54) is 5.56 Å². The zero-order chi connectivity index (χ0) is 16.9. The largest absolute Gasteiger partial charge is 0.379 e. The fraction of sp³-hybridized carbons (Fsp3) is 0.556. The molecular weight excluding hydrogens is 306 g/mol. The van der Waals surface area contributed by atoms with Crippen LogP contribution in [0.5, 0.6) is 0 Å². The number of amides is 2. The molecule has 6 nitrogen and oxygen atoms in total. The van der Waals surface area contributed by atoms with E-state index in [1.54, 1.807) is 4.90 Å². The van der Waals surface area contributed by atoms with Crippen molar-refractivity contribution in [2.45, 2.75) is 19.9 Å². The molecule has 1 aromatic carbocycles. The van der Waals surface area contributed by atoms with E-state index in [0.717, 1.165) is 38.5 Å². The minimum absolute atomic E-state index is 0.0668. The second kappa shape index (κ2) is 7.77. The summed E-state index contributed by atoms with van der Waals surface area (Å²) in [5, 5.41) is 2.97. The van der Waals surface area contributed by atoms with Crippen molar-refractivity contribution in [3.05, 3.63) is 29.8 Å². The molecule has 2 aliphatic rings. The van der Waals surface area contributed by atoms with E-state index in [9.17, 15) is 9.59 Å². The molecule has 24 heavy (non-hydrogen) atoms. The molecule has 0 saturated carbocycles. The van der Waals surface area contributed by atoms with Crippen LogP contribution in [-0.4, -0.2) is 61.0 Å². The number of anilines is 1. The molecule has 1 N–H and O–H groups in total. The SMILES string of the molecule is CCN1C[C@@H](C(=O)Nc2cccc(CN3CCOCC3)c2)CC1=O. The number of hydrogen-bond acceptors (Lipinski definition) is 4. The molecule has 2 aliphatic heterocycles. The average Bonchev–Trinajstić information content (AvgIpc) is 2.97. The van der Waals surface area contributed by atoms with Gasteiger partial charge in [-0.05, 0) is 24.6 Å². The van der Waals surface area contributed by atoms with Gasteiger partial charge in [-0.3, -0.25) is 14.5 Å². The third kappa shape index (κ3) is 4.13. The minimum atomic E-state index is -0.250. The predicted molar refractivity (Wildman–Crippen MR) is 91.5 cm³/mol. The van der Waals surface area contributed by atoms with Gasteiger partial charge in [0.2, 0.25) is 11.8 Å². The highest BCUT2D eigenvalue weighted by Gasteiger charge is 2.33. The summed E-state index contributed by atoms with van der Waals surface area (Å²) in [4.78, 5) is 28.3.